The molecule has 0 aromatic heterocycles. The van der Waals surface area contributed by atoms with E-state index in [0.29, 0.717) is 0 Å². The summed E-state index contributed by atoms with van der Waals surface area (Å²) in [6, 6.07) is -1.33. The van der Waals surface area contributed by atoms with Crippen LogP contribution in [0.5, 0.6) is 0 Å². The van der Waals surface area contributed by atoms with Gasteiger partial charge in [0.1, 0.15) is 0 Å². The first-order valence-electron chi connectivity index (χ1n) is 4.16. The van der Waals surface area contributed by atoms with Gasteiger partial charge in [-0.05, 0) is 0 Å². The SMILES string of the molecule is COC1CCC([N+](=O)[O-])C(C(F)F)O1. The van der Waals surface area contributed by atoms with Crippen molar-refractivity contribution in [1.29, 1.82) is 0 Å². The number of hydrogen-bond donors (Lipinski definition) is 0. The summed E-state index contributed by atoms with van der Waals surface area (Å²) in [5.74, 6) is 0. The van der Waals surface area contributed by atoms with E-state index in [1.54, 1.807) is 0 Å². The Morgan fingerprint density at radius 2 is 2.21 bits per heavy atom. The van der Waals surface area contributed by atoms with Crippen molar-refractivity contribution in [2.45, 2.75) is 37.7 Å². The van der Waals surface area contributed by atoms with E-state index in [1.807, 2.05) is 0 Å². The van der Waals surface area contributed by atoms with Crippen LogP contribution in [0.15, 0.2) is 0 Å². The van der Waals surface area contributed by atoms with Gasteiger partial charge < -0.3 is 9.47 Å². The molecule has 0 radical (unpaired) electrons. The van der Waals surface area contributed by atoms with Gasteiger partial charge in [-0.2, -0.15) is 0 Å². The molecule has 1 fully saturated rings. The number of nitro groups is 1. The molecule has 0 spiro atoms. The normalized spacial score (nSPS) is 33.3. The predicted octanol–water partition coefficient (Wildman–Crippen LogP) is 1.05. The number of halogens is 2. The molecule has 0 aliphatic carbocycles. The topological polar surface area (TPSA) is 61.6 Å². The Kier molecular flexibility index (Phi) is 3.70. The number of nitrogens with zero attached hydrogens (tertiary/aromatic N) is 1. The maximum absolute atomic E-state index is 12.4. The van der Waals surface area contributed by atoms with E-state index in [4.69, 9.17) is 9.47 Å². The van der Waals surface area contributed by atoms with Crippen molar-refractivity contribution in [3.8, 4) is 0 Å². The molecule has 3 unspecified atom stereocenters. The van der Waals surface area contributed by atoms with Gasteiger partial charge in [0.25, 0.3) is 6.43 Å². The first-order chi connectivity index (χ1) is 6.56. The zero-order valence-corrected chi connectivity index (χ0v) is 7.56. The fourth-order valence-electron chi connectivity index (χ4n) is 1.43. The number of methoxy groups -OCH3 is 1. The molecule has 5 nitrogen and oxygen atoms in total. The van der Waals surface area contributed by atoms with Crippen molar-refractivity contribution in [2.75, 3.05) is 7.11 Å². The van der Waals surface area contributed by atoms with Gasteiger partial charge in [-0.25, -0.2) is 8.78 Å². The summed E-state index contributed by atoms with van der Waals surface area (Å²) in [5.41, 5.74) is 0. The molecule has 1 rings (SSSR count). The minimum atomic E-state index is -2.86. The van der Waals surface area contributed by atoms with E-state index in [2.05, 4.69) is 0 Å². The lowest BCUT2D eigenvalue weighted by atomic mass is 10.0. The second-order valence-corrected chi connectivity index (χ2v) is 3.03. The Labute approximate surface area is 79.1 Å². The highest BCUT2D eigenvalue weighted by Crippen LogP contribution is 2.26. The Morgan fingerprint density at radius 3 is 2.64 bits per heavy atom. The van der Waals surface area contributed by atoms with E-state index in [9.17, 15) is 18.9 Å². The zero-order valence-electron chi connectivity index (χ0n) is 7.56. The minimum Gasteiger partial charge on any atom is -0.356 e. The lowest BCUT2D eigenvalue weighted by molar-refractivity contribution is -0.549. The molecule has 0 saturated carbocycles. The molecule has 0 amide bonds. The third-order valence-electron chi connectivity index (χ3n) is 2.17. The molecule has 1 saturated heterocycles. The smallest absolute Gasteiger partial charge is 0.271 e. The van der Waals surface area contributed by atoms with Crippen LogP contribution in [0, 0.1) is 10.1 Å². The molecule has 0 aromatic carbocycles. The molecule has 0 aromatic rings. The first kappa shape index (κ1) is 11.3. The lowest BCUT2D eigenvalue weighted by Crippen LogP contribution is -2.47. The maximum Gasteiger partial charge on any atom is 0.271 e. The second kappa shape index (κ2) is 4.61. The van der Waals surface area contributed by atoms with Crippen molar-refractivity contribution in [2.24, 2.45) is 0 Å². The number of hydrogen-bond acceptors (Lipinski definition) is 4. The second-order valence-electron chi connectivity index (χ2n) is 3.03. The van der Waals surface area contributed by atoms with E-state index < -0.39 is 29.8 Å². The molecule has 82 valence electrons. The van der Waals surface area contributed by atoms with Crippen molar-refractivity contribution in [3.05, 3.63) is 10.1 Å². The highest BCUT2D eigenvalue weighted by molar-refractivity contribution is 4.78. The van der Waals surface area contributed by atoms with Gasteiger partial charge in [0.2, 0.25) is 6.04 Å². The molecule has 0 bridgehead atoms. The van der Waals surface area contributed by atoms with E-state index in [0.717, 1.165) is 0 Å². The number of alkyl halides is 2. The Balaban J connectivity index is 2.65. The van der Waals surface area contributed by atoms with Gasteiger partial charge in [0, 0.05) is 24.9 Å². The molecule has 3 atom stereocenters. The number of rotatable bonds is 3. The zero-order chi connectivity index (χ0) is 10.7. The van der Waals surface area contributed by atoms with Crippen LogP contribution in [0.4, 0.5) is 8.78 Å². The quantitative estimate of drug-likeness (QED) is 0.517. The third kappa shape index (κ3) is 2.36. The largest absolute Gasteiger partial charge is 0.356 e. The Hall–Kier alpha value is -0.820. The van der Waals surface area contributed by atoms with E-state index in [1.165, 1.54) is 7.11 Å². The summed E-state index contributed by atoms with van der Waals surface area (Å²) in [5, 5.41) is 10.4. The predicted molar refractivity (Wildman–Crippen MR) is 41.7 cm³/mol. The summed E-state index contributed by atoms with van der Waals surface area (Å²) in [6.45, 7) is 0. The summed E-state index contributed by atoms with van der Waals surface area (Å²) < 4.78 is 34.2. The Bertz CT molecular complexity index is 214. The lowest BCUT2D eigenvalue weighted by Gasteiger charge is -2.30. The molecule has 7 heteroatoms. The molecular weight excluding hydrogens is 200 g/mol. The highest BCUT2D eigenvalue weighted by atomic mass is 19.3. The average molecular weight is 211 g/mol. The number of ether oxygens (including phenoxy) is 2. The van der Waals surface area contributed by atoms with Crippen LogP contribution < -0.4 is 0 Å². The van der Waals surface area contributed by atoms with Crippen LogP contribution in [0.1, 0.15) is 12.8 Å². The summed E-state index contributed by atoms with van der Waals surface area (Å²) >= 11 is 0. The first-order valence-corrected chi connectivity index (χ1v) is 4.16. The van der Waals surface area contributed by atoms with Crippen molar-refractivity contribution in [3.63, 3.8) is 0 Å². The van der Waals surface area contributed by atoms with Gasteiger partial charge in [0.15, 0.2) is 12.4 Å². The van der Waals surface area contributed by atoms with Gasteiger partial charge in [0.05, 0.1) is 0 Å². The van der Waals surface area contributed by atoms with E-state index >= 15 is 0 Å². The summed E-state index contributed by atoms with van der Waals surface area (Å²) in [4.78, 5) is 9.70. The molecule has 0 N–H and O–H groups in total. The third-order valence-corrected chi connectivity index (χ3v) is 2.17. The fourth-order valence-corrected chi connectivity index (χ4v) is 1.43. The van der Waals surface area contributed by atoms with Crippen LogP contribution in [0.25, 0.3) is 0 Å². The summed E-state index contributed by atoms with van der Waals surface area (Å²) in [7, 11) is 1.32. The summed E-state index contributed by atoms with van der Waals surface area (Å²) in [6.07, 6.45) is -4.96. The standard InChI is InChI=1S/C7H11F2NO4/c1-13-5-3-2-4(10(11)12)6(14-5)7(8)9/h4-7H,2-3H2,1H3. The van der Waals surface area contributed by atoms with Gasteiger partial charge in [-0.3, -0.25) is 10.1 Å². The molecule has 1 aliphatic rings. The highest BCUT2D eigenvalue weighted by Gasteiger charge is 2.44. The van der Waals surface area contributed by atoms with Gasteiger partial charge >= 0.3 is 0 Å². The van der Waals surface area contributed by atoms with Gasteiger partial charge in [-0.1, -0.05) is 0 Å². The maximum atomic E-state index is 12.4. The fraction of sp³-hybridized carbons (Fsp3) is 1.00. The minimum absolute atomic E-state index is 0.0561. The van der Waals surface area contributed by atoms with Crippen LogP contribution in [0.2, 0.25) is 0 Å². The monoisotopic (exact) mass is 211 g/mol. The molecular formula is C7H11F2NO4. The van der Waals surface area contributed by atoms with E-state index in [-0.39, 0.29) is 12.8 Å². The van der Waals surface area contributed by atoms with Crippen LogP contribution >= 0.6 is 0 Å². The average Bonchev–Trinajstić information content (AvgIpc) is 2.16. The van der Waals surface area contributed by atoms with Crippen LogP contribution in [-0.4, -0.2) is 36.9 Å². The van der Waals surface area contributed by atoms with Crippen molar-refractivity contribution < 1.29 is 23.2 Å². The molecule has 1 heterocycles. The molecule has 14 heavy (non-hydrogen) atoms. The van der Waals surface area contributed by atoms with Gasteiger partial charge in [-0.15, -0.1) is 0 Å². The van der Waals surface area contributed by atoms with Crippen molar-refractivity contribution >= 4 is 0 Å². The molecule has 1 aliphatic heterocycles. The van der Waals surface area contributed by atoms with Crippen LogP contribution in [0.3, 0.4) is 0 Å². The Morgan fingerprint density at radius 1 is 1.57 bits per heavy atom. The van der Waals surface area contributed by atoms with Crippen molar-refractivity contribution in [1.82, 2.24) is 0 Å². The van der Waals surface area contributed by atoms with Crippen LogP contribution in [-0.2, 0) is 9.47 Å².